The monoisotopic (exact) mass is 495 g/mol. The van der Waals surface area contributed by atoms with Crippen LogP contribution in [0.4, 0.5) is 0 Å². The maximum absolute atomic E-state index is 3.64. The molecular formula is C8H14Br2PtS. The van der Waals surface area contributed by atoms with E-state index >= 15 is 0 Å². The first kappa shape index (κ1) is 15.9. The summed E-state index contributed by atoms with van der Waals surface area (Å²) in [5.41, 5.74) is 0. The van der Waals surface area contributed by atoms with Crippen molar-refractivity contribution in [2.75, 3.05) is 11.5 Å². The van der Waals surface area contributed by atoms with E-state index in [1.807, 2.05) is 23.9 Å². The Morgan fingerprint density at radius 1 is 1.08 bits per heavy atom. The van der Waals surface area contributed by atoms with Crippen molar-refractivity contribution in [1.82, 2.24) is 0 Å². The summed E-state index contributed by atoms with van der Waals surface area (Å²) in [5.74, 6) is 2.41. The van der Waals surface area contributed by atoms with Crippen molar-refractivity contribution in [3.8, 4) is 0 Å². The molecule has 0 aliphatic carbocycles. The zero-order chi connectivity index (χ0) is 9.66. The van der Waals surface area contributed by atoms with Gasteiger partial charge in [-0.25, -0.2) is 0 Å². The predicted octanol–water partition coefficient (Wildman–Crippen LogP) is 4.56. The summed E-state index contributed by atoms with van der Waals surface area (Å²) in [6.45, 7) is 7.29. The number of hydrogen-bond donors (Lipinski definition) is 0. The van der Waals surface area contributed by atoms with E-state index in [9.17, 15) is 0 Å². The summed E-state index contributed by atoms with van der Waals surface area (Å²) >= 11 is 8.52. The Kier molecular flexibility index (Phi) is 24.3. The fourth-order valence-electron chi connectivity index (χ4n) is 0.435. The molecule has 0 amide bonds. The number of allylic oxidation sites excluding steroid dienone is 2. The Labute approximate surface area is 101 Å². The molecule has 0 saturated carbocycles. The Balaban J connectivity index is 0. The third kappa shape index (κ3) is 22.5. The fraction of sp³-hybridized carbons (Fsp3) is 0.500. The van der Waals surface area contributed by atoms with Gasteiger partial charge in [0.1, 0.15) is 0 Å². The maximum atomic E-state index is 3.64. The summed E-state index contributed by atoms with van der Waals surface area (Å²) in [6.07, 6.45) is 6.17. The van der Waals surface area contributed by atoms with Crippen molar-refractivity contribution < 1.29 is 14.5 Å². The molecule has 0 aromatic rings. The Morgan fingerprint density at radius 2 is 1.42 bits per heavy atom. The van der Waals surface area contributed by atoms with Crippen molar-refractivity contribution in [2.24, 2.45) is 0 Å². The van der Waals surface area contributed by atoms with E-state index in [0.29, 0.717) is 0 Å². The van der Waals surface area contributed by atoms with Crippen LogP contribution in [0.3, 0.4) is 0 Å². The molecule has 0 radical (unpaired) electrons. The van der Waals surface area contributed by atoms with Gasteiger partial charge in [-0.3, -0.25) is 0 Å². The third-order valence-electron chi connectivity index (χ3n) is 0.933. The standard InChI is InChI=1S/C8H14S.2BrH.Pt/c1-3-5-7-9-8-6-4-2;;;/h3-4H,1-2,5-8H2;2*1H;/q;;;+2/p-2. The number of thioether (sulfide) groups is 1. The predicted molar refractivity (Wildman–Crippen MR) is 64.8 cm³/mol. The molecule has 0 fully saturated rings. The molecule has 0 aliphatic heterocycles. The van der Waals surface area contributed by atoms with E-state index in [2.05, 4.69) is 39.8 Å². The molecule has 0 spiro atoms. The second-order valence-corrected chi connectivity index (χ2v) is 13.0. The summed E-state index contributed by atoms with van der Waals surface area (Å²) in [5, 5.41) is 0. The quantitative estimate of drug-likeness (QED) is 0.383. The Hall–Kier alpha value is 1.48. The third-order valence-corrected chi connectivity index (χ3v) is 1.98. The van der Waals surface area contributed by atoms with E-state index in [0.717, 1.165) is 12.8 Å². The van der Waals surface area contributed by atoms with Crippen LogP contribution in [0, 0.1) is 0 Å². The van der Waals surface area contributed by atoms with Crippen LogP contribution >= 0.6 is 38.4 Å². The Bertz CT molecular complexity index is 89.1. The molecule has 76 valence electrons. The van der Waals surface area contributed by atoms with Gasteiger partial charge < -0.3 is 0 Å². The molecule has 0 unspecified atom stereocenters. The molecular weight excluding hydrogens is 483 g/mol. The van der Waals surface area contributed by atoms with Crippen molar-refractivity contribution >= 4 is 38.4 Å². The minimum atomic E-state index is 0.208. The zero-order valence-electron chi connectivity index (χ0n) is 6.88. The fourth-order valence-corrected chi connectivity index (χ4v) is 1.31. The average Bonchev–Trinajstić information content (AvgIpc) is 2.06. The first-order valence-electron chi connectivity index (χ1n) is 3.45. The van der Waals surface area contributed by atoms with Crippen molar-refractivity contribution in [3.05, 3.63) is 25.3 Å². The molecule has 0 aliphatic rings. The first-order chi connectivity index (χ1) is 5.83. The van der Waals surface area contributed by atoms with Crippen molar-refractivity contribution in [2.45, 2.75) is 12.8 Å². The van der Waals surface area contributed by atoms with Crippen LogP contribution in [0.5, 0.6) is 0 Å². The normalized spacial score (nSPS) is 8.50. The van der Waals surface area contributed by atoms with Crippen molar-refractivity contribution in [1.29, 1.82) is 0 Å². The molecule has 0 heterocycles. The van der Waals surface area contributed by atoms with E-state index in [4.69, 9.17) is 0 Å². The van der Waals surface area contributed by atoms with Gasteiger partial charge in [0, 0.05) is 0 Å². The van der Waals surface area contributed by atoms with Gasteiger partial charge in [-0.1, -0.05) is 12.2 Å². The second kappa shape index (κ2) is 18.3. The number of hydrogen-bond acceptors (Lipinski definition) is 1. The topological polar surface area (TPSA) is 0 Å². The van der Waals surface area contributed by atoms with Crippen LogP contribution < -0.4 is 0 Å². The summed E-state index contributed by atoms with van der Waals surface area (Å²) in [6, 6.07) is 0. The molecule has 0 bridgehead atoms. The molecule has 0 nitrogen and oxygen atoms in total. The summed E-state index contributed by atoms with van der Waals surface area (Å²) in [4.78, 5) is 0. The van der Waals surface area contributed by atoms with Gasteiger partial charge in [0.15, 0.2) is 0 Å². The van der Waals surface area contributed by atoms with Gasteiger partial charge >= 0.3 is 41.0 Å². The van der Waals surface area contributed by atoms with Crippen LogP contribution in [0.1, 0.15) is 12.8 Å². The van der Waals surface area contributed by atoms with E-state index in [-0.39, 0.29) is 14.5 Å². The first-order valence-corrected chi connectivity index (χ1v) is 14.5. The van der Waals surface area contributed by atoms with Gasteiger partial charge in [0.2, 0.25) is 0 Å². The van der Waals surface area contributed by atoms with E-state index < -0.39 is 0 Å². The van der Waals surface area contributed by atoms with Crippen LogP contribution in [-0.2, 0) is 14.5 Å². The molecule has 4 heteroatoms. The molecule has 0 aromatic carbocycles. The summed E-state index contributed by atoms with van der Waals surface area (Å²) in [7, 11) is 0. The van der Waals surface area contributed by atoms with E-state index in [1.165, 1.54) is 11.5 Å². The number of rotatable bonds is 6. The molecule has 0 aromatic heterocycles. The van der Waals surface area contributed by atoms with Crippen LogP contribution in [-0.4, -0.2) is 11.5 Å². The van der Waals surface area contributed by atoms with Gasteiger partial charge in [0.25, 0.3) is 0 Å². The second-order valence-electron chi connectivity index (χ2n) is 1.81. The van der Waals surface area contributed by atoms with Crippen LogP contribution in [0.25, 0.3) is 0 Å². The van der Waals surface area contributed by atoms with Crippen LogP contribution in [0.2, 0.25) is 0 Å². The average molecular weight is 497 g/mol. The van der Waals surface area contributed by atoms with Crippen LogP contribution in [0.15, 0.2) is 25.3 Å². The molecule has 0 N–H and O–H groups in total. The zero-order valence-corrected chi connectivity index (χ0v) is 13.1. The molecule has 12 heavy (non-hydrogen) atoms. The Morgan fingerprint density at radius 3 is 1.67 bits per heavy atom. The number of halogens is 2. The summed E-state index contributed by atoms with van der Waals surface area (Å²) < 4.78 is 0. The van der Waals surface area contributed by atoms with Gasteiger partial charge in [-0.2, -0.15) is 11.8 Å². The SMILES string of the molecule is C=CCCSCCC=C.[Br][Pt][Br]. The van der Waals surface area contributed by atoms with Gasteiger partial charge in [-0.05, 0) is 24.3 Å². The van der Waals surface area contributed by atoms with Gasteiger partial charge in [0.05, 0.1) is 0 Å². The molecule has 0 rings (SSSR count). The molecule has 0 atom stereocenters. The van der Waals surface area contributed by atoms with Gasteiger partial charge in [-0.15, -0.1) is 13.2 Å². The van der Waals surface area contributed by atoms with Crippen molar-refractivity contribution in [3.63, 3.8) is 0 Å². The minimum absolute atomic E-state index is 0.208. The van der Waals surface area contributed by atoms with E-state index in [1.54, 1.807) is 0 Å². The molecule has 0 saturated heterocycles.